The highest BCUT2D eigenvalue weighted by Crippen LogP contribution is 2.35. The SMILES string of the molecule is C[C@H]1Sc2ccc(C(=O)NCCNc3ncccn3)cc2NC1=O. The van der Waals surface area contributed by atoms with Crippen molar-refractivity contribution in [3.8, 4) is 0 Å². The number of hydrogen-bond donors (Lipinski definition) is 3. The molecule has 1 aromatic heterocycles. The number of amides is 2. The lowest BCUT2D eigenvalue weighted by Gasteiger charge is -2.21. The van der Waals surface area contributed by atoms with Gasteiger partial charge in [0.25, 0.3) is 5.91 Å². The minimum absolute atomic E-state index is 0.0443. The fourth-order valence-corrected chi connectivity index (χ4v) is 3.12. The zero-order valence-electron chi connectivity index (χ0n) is 13.1. The number of anilines is 2. The molecular formula is C16H17N5O2S. The molecule has 1 aliphatic heterocycles. The van der Waals surface area contributed by atoms with Crippen LogP contribution in [0.1, 0.15) is 17.3 Å². The largest absolute Gasteiger partial charge is 0.352 e. The summed E-state index contributed by atoms with van der Waals surface area (Å²) >= 11 is 1.49. The van der Waals surface area contributed by atoms with Gasteiger partial charge in [-0.15, -0.1) is 11.8 Å². The molecule has 7 nitrogen and oxygen atoms in total. The number of carbonyl (C=O) groups is 2. The summed E-state index contributed by atoms with van der Waals surface area (Å²) in [6.45, 7) is 2.81. The Morgan fingerprint density at radius 2 is 2.08 bits per heavy atom. The second kappa shape index (κ2) is 7.31. The Labute approximate surface area is 143 Å². The third-order valence-corrected chi connectivity index (χ3v) is 4.61. The van der Waals surface area contributed by atoms with Crippen LogP contribution in [0.4, 0.5) is 11.6 Å². The van der Waals surface area contributed by atoms with Crippen LogP contribution >= 0.6 is 11.8 Å². The Morgan fingerprint density at radius 1 is 1.29 bits per heavy atom. The van der Waals surface area contributed by atoms with Crippen molar-refractivity contribution in [2.45, 2.75) is 17.1 Å². The molecule has 0 spiro atoms. The van der Waals surface area contributed by atoms with E-state index >= 15 is 0 Å². The van der Waals surface area contributed by atoms with Crippen LogP contribution in [-0.4, -0.2) is 40.1 Å². The fourth-order valence-electron chi connectivity index (χ4n) is 2.19. The molecule has 1 atom stereocenters. The molecule has 1 aliphatic rings. The van der Waals surface area contributed by atoms with E-state index < -0.39 is 0 Å². The van der Waals surface area contributed by atoms with Gasteiger partial charge in [0, 0.05) is 35.9 Å². The van der Waals surface area contributed by atoms with Crippen LogP contribution in [0.15, 0.2) is 41.6 Å². The van der Waals surface area contributed by atoms with Crippen LogP contribution in [0.3, 0.4) is 0 Å². The predicted octanol–water partition coefficient (Wildman–Crippen LogP) is 1.75. The van der Waals surface area contributed by atoms with Crippen LogP contribution in [0.2, 0.25) is 0 Å². The van der Waals surface area contributed by atoms with Crippen LogP contribution in [-0.2, 0) is 4.79 Å². The van der Waals surface area contributed by atoms with E-state index in [4.69, 9.17) is 0 Å². The predicted molar refractivity (Wildman–Crippen MR) is 93.2 cm³/mol. The van der Waals surface area contributed by atoms with E-state index in [2.05, 4.69) is 25.9 Å². The van der Waals surface area contributed by atoms with E-state index in [1.54, 1.807) is 30.6 Å². The number of benzene rings is 1. The van der Waals surface area contributed by atoms with Gasteiger partial charge in [-0.3, -0.25) is 9.59 Å². The van der Waals surface area contributed by atoms with Crippen molar-refractivity contribution < 1.29 is 9.59 Å². The van der Waals surface area contributed by atoms with Gasteiger partial charge in [-0.05, 0) is 31.2 Å². The summed E-state index contributed by atoms with van der Waals surface area (Å²) in [5.41, 5.74) is 1.20. The normalized spacial score (nSPS) is 16.0. The maximum atomic E-state index is 12.2. The number of rotatable bonds is 5. The number of aromatic nitrogens is 2. The first kappa shape index (κ1) is 16.3. The summed E-state index contributed by atoms with van der Waals surface area (Å²) < 4.78 is 0. The number of carbonyl (C=O) groups excluding carboxylic acids is 2. The van der Waals surface area contributed by atoms with Crippen molar-refractivity contribution in [1.29, 1.82) is 0 Å². The molecular weight excluding hydrogens is 326 g/mol. The molecule has 0 aliphatic carbocycles. The van der Waals surface area contributed by atoms with Gasteiger partial charge in [-0.1, -0.05) is 0 Å². The van der Waals surface area contributed by atoms with Gasteiger partial charge in [-0.2, -0.15) is 0 Å². The maximum absolute atomic E-state index is 12.2. The molecule has 124 valence electrons. The van der Waals surface area contributed by atoms with Gasteiger partial charge in [-0.25, -0.2) is 9.97 Å². The summed E-state index contributed by atoms with van der Waals surface area (Å²) in [5.74, 6) is 0.290. The molecule has 2 aromatic rings. The Kier molecular flexibility index (Phi) is 4.95. The summed E-state index contributed by atoms with van der Waals surface area (Å²) in [4.78, 5) is 33.0. The Bertz CT molecular complexity index is 753. The average molecular weight is 343 g/mol. The average Bonchev–Trinajstić information content (AvgIpc) is 2.60. The van der Waals surface area contributed by atoms with E-state index in [1.807, 2.05) is 13.0 Å². The van der Waals surface area contributed by atoms with Crippen molar-refractivity contribution in [2.75, 3.05) is 23.7 Å². The van der Waals surface area contributed by atoms with E-state index in [9.17, 15) is 9.59 Å². The van der Waals surface area contributed by atoms with Gasteiger partial charge in [0.15, 0.2) is 0 Å². The smallest absolute Gasteiger partial charge is 0.251 e. The number of thioether (sulfide) groups is 1. The molecule has 2 heterocycles. The molecule has 0 saturated heterocycles. The molecule has 2 amide bonds. The van der Waals surface area contributed by atoms with Gasteiger partial charge in [0.1, 0.15) is 0 Å². The standard InChI is InChI=1S/C16H17N5O2S/c1-10-14(22)21-12-9-11(3-4-13(12)24-10)15(23)17-7-8-20-16-18-5-2-6-19-16/h2-6,9-10H,7-8H2,1H3,(H,17,23)(H,21,22)(H,18,19,20)/t10-/m1/s1. The molecule has 3 rings (SSSR count). The van der Waals surface area contributed by atoms with E-state index in [0.717, 1.165) is 4.90 Å². The third kappa shape index (κ3) is 3.83. The Hall–Kier alpha value is -2.61. The minimum atomic E-state index is -0.188. The zero-order chi connectivity index (χ0) is 16.9. The summed E-state index contributed by atoms with van der Waals surface area (Å²) in [6.07, 6.45) is 3.29. The zero-order valence-corrected chi connectivity index (χ0v) is 13.9. The van der Waals surface area contributed by atoms with Gasteiger partial charge < -0.3 is 16.0 Å². The van der Waals surface area contributed by atoms with Gasteiger partial charge in [0.05, 0.1) is 10.9 Å². The highest BCUT2D eigenvalue weighted by molar-refractivity contribution is 8.00. The second-order valence-electron chi connectivity index (χ2n) is 5.22. The Balaban J connectivity index is 1.54. The van der Waals surface area contributed by atoms with Crippen molar-refractivity contribution in [3.63, 3.8) is 0 Å². The first-order valence-electron chi connectivity index (χ1n) is 7.54. The second-order valence-corrected chi connectivity index (χ2v) is 6.60. The van der Waals surface area contributed by atoms with Crippen molar-refractivity contribution in [3.05, 3.63) is 42.2 Å². The quantitative estimate of drug-likeness (QED) is 0.716. The molecule has 0 unspecified atom stereocenters. The molecule has 0 radical (unpaired) electrons. The van der Waals surface area contributed by atoms with E-state index in [-0.39, 0.29) is 17.1 Å². The number of hydrogen-bond acceptors (Lipinski definition) is 6. The van der Waals surface area contributed by atoms with Crippen LogP contribution in [0, 0.1) is 0 Å². The van der Waals surface area contributed by atoms with Crippen LogP contribution < -0.4 is 16.0 Å². The first-order valence-corrected chi connectivity index (χ1v) is 8.42. The van der Waals surface area contributed by atoms with Crippen molar-refractivity contribution >= 4 is 35.2 Å². The highest BCUT2D eigenvalue weighted by Gasteiger charge is 2.23. The lowest BCUT2D eigenvalue weighted by molar-refractivity contribution is -0.115. The van der Waals surface area contributed by atoms with E-state index in [1.165, 1.54) is 11.8 Å². The Morgan fingerprint density at radius 3 is 2.88 bits per heavy atom. The molecule has 24 heavy (non-hydrogen) atoms. The topological polar surface area (TPSA) is 96.0 Å². The molecule has 8 heteroatoms. The van der Waals surface area contributed by atoms with E-state index in [0.29, 0.717) is 30.3 Å². The lowest BCUT2D eigenvalue weighted by atomic mass is 10.1. The lowest BCUT2D eigenvalue weighted by Crippen LogP contribution is -2.30. The monoisotopic (exact) mass is 343 g/mol. The molecule has 1 aromatic carbocycles. The maximum Gasteiger partial charge on any atom is 0.251 e. The summed E-state index contributed by atoms with van der Waals surface area (Å²) in [7, 11) is 0. The third-order valence-electron chi connectivity index (χ3n) is 3.43. The number of fused-ring (bicyclic) bond motifs is 1. The van der Waals surface area contributed by atoms with Gasteiger partial charge in [0.2, 0.25) is 11.9 Å². The van der Waals surface area contributed by atoms with Crippen molar-refractivity contribution in [2.24, 2.45) is 0 Å². The molecule has 3 N–H and O–H groups in total. The van der Waals surface area contributed by atoms with Crippen LogP contribution in [0.25, 0.3) is 0 Å². The van der Waals surface area contributed by atoms with Crippen LogP contribution in [0.5, 0.6) is 0 Å². The molecule has 0 fully saturated rings. The fraction of sp³-hybridized carbons (Fsp3) is 0.250. The summed E-state index contributed by atoms with van der Waals surface area (Å²) in [5, 5.41) is 8.54. The van der Waals surface area contributed by atoms with Gasteiger partial charge >= 0.3 is 0 Å². The number of nitrogens with one attached hydrogen (secondary N) is 3. The minimum Gasteiger partial charge on any atom is -0.352 e. The van der Waals surface area contributed by atoms with Crippen molar-refractivity contribution in [1.82, 2.24) is 15.3 Å². The molecule has 0 saturated carbocycles. The highest BCUT2D eigenvalue weighted by atomic mass is 32.2. The number of nitrogens with zero attached hydrogens (tertiary/aromatic N) is 2. The first-order chi connectivity index (χ1) is 11.6. The summed E-state index contributed by atoms with van der Waals surface area (Å²) in [6, 6.07) is 7.07. The molecule has 0 bridgehead atoms.